The average Bonchev–Trinajstić information content (AvgIpc) is 3.22. The quantitative estimate of drug-likeness (QED) is 0.676. The first-order valence-corrected chi connectivity index (χ1v) is 8.66. The lowest BCUT2D eigenvalue weighted by molar-refractivity contribution is 0.00239. The Morgan fingerprint density at radius 2 is 2.08 bits per heavy atom. The summed E-state index contributed by atoms with van der Waals surface area (Å²) >= 11 is 0. The first-order chi connectivity index (χ1) is 12.7. The Morgan fingerprint density at radius 1 is 1.19 bits per heavy atom. The summed E-state index contributed by atoms with van der Waals surface area (Å²) in [6, 6.07) is 15.4. The maximum absolute atomic E-state index is 14.4. The number of rotatable bonds is 6. The number of oxazole rings is 1. The van der Waals surface area contributed by atoms with Gasteiger partial charge in [-0.1, -0.05) is 24.3 Å². The molecule has 1 fully saturated rings. The van der Waals surface area contributed by atoms with Gasteiger partial charge in [0.15, 0.2) is 5.58 Å². The number of fused-ring (bicyclic) bond motifs is 1. The topological polar surface area (TPSA) is 47.7 Å². The number of hydrogen-bond acceptors (Lipinski definition) is 5. The molecule has 0 saturated carbocycles. The van der Waals surface area contributed by atoms with Crippen LogP contribution in [-0.2, 0) is 17.9 Å². The van der Waals surface area contributed by atoms with E-state index < -0.39 is 12.3 Å². The van der Waals surface area contributed by atoms with Crippen LogP contribution in [-0.4, -0.2) is 42.4 Å². The lowest BCUT2D eigenvalue weighted by atomic mass is 10.2. The van der Waals surface area contributed by atoms with E-state index in [0.29, 0.717) is 31.1 Å². The van der Waals surface area contributed by atoms with E-state index in [1.54, 1.807) is 7.11 Å². The van der Waals surface area contributed by atoms with Gasteiger partial charge in [-0.3, -0.25) is 4.90 Å². The Labute approximate surface area is 151 Å². The molecule has 0 amide bonds. The van der Waals surface area contributed by atoms with Crippen LogP contribution >= 0.6 is 0 Å². The molecule has 0 bridgehead atoms. The van der Waals surface area contributed by atoms with Gasteiger partial charge >= 0.3 is 0 Å². The molecule has 0 aliphatic carbocycles. The van der Waals surface area contributed by atoms with Crippen LogP contribution in [0.15, 0.2) is 52.9 Å². The third-order valence-corrected chi connectivity index (χ3v) is 4.57. The first kappa shape index (κ1) is 17.0. The summed E-state index contributed by atoms with van der Waals surface area (Å²) in [6.45, 7) is 1.74. The number of nitrogens with zero attached hydrogens (tertiary/aromatic N) is 2. The number of ether oxygens (including phenoxy) is 2. The number of methoxy groups -OCH3 is 1. The van der Waals surface area contributed by atoms with Crippen LogP contribution in [0.3, 0.4) is 0 Å². The van der Waals surface area contributed by atoms with Crippen LogP contribution < -0.4 is 4.74 Å². The number of likely N-dealkylation sites (tertiary alicyclic amines) is 1. The zero-order chi connectivity index (χ0) is 17.9. The summed E-state index contributed by atoms with van der Waals surface area (Å²) in [7, 11) is 1.64. The van der Waals surface area contributed by atoms with E-state index in [-0.39, 0.29) is 6.61 Å². The Balaban J connectivity index is 1.34. The smallest absolute Gasteiger partial charge is 0.221 e. The highest BCUT2D eigenvalue weighted by atomic mass is 19.1. The second-order valence-electron chi connectivity index (χ2n) is 6.49. The average molecular weight is 356 g/mol. The van der Waals surface area contributed by atoms with Gasteiger partial charge in [0.05, 0.1) is 7.11 Å². The fourth-order valence-corrected chi connectivity index (χ4v) is 3.28. The second-order valence-corrected chi connectivity index (χ2v) is 6.49. The summed E-state index contributed by atoms with van der Waals surface area (Å²) in [5, 5.41) is 0. The Bertz CT molecular complexity index is 849. The van der Waals surface area contributed by atoms with Crippen molar-refractivity contribution in [1.82, 2.24) is 9.88 Å². The lowest BCUT2D eigenvalue weighted by Gasteiger charge is -2.16. The molecule has 3 aromatic rings. The highest BCUT2D eigenvalue weighted by molar-refractivity contribution is 5.72. The molecule has 4 rings (SSSR count). The monoisotopic (exact) mass is 356 g/mol. The minimum atomic E-state index is -1.02. The van der Waals surface area contributed by atoms with Gasteiger partial charge in [0.25, 0.3) is 0 Å². The number of hydrogen-bond donors (Lipinski definition) is 0. The van der Waals surface area contributed by atoms with Crippen molar-refractivity contribution < 1.29 is 18.3 Å². The molecule has 1 saturated heterocycles. The van der Waals surface area contributed by atoms with E-state index >= 15 is 0 Å². The molecular formula is C20H21FN2O3. The summed E-state index contributed by atoms with van der Waals surface area (Å²) in [4.78, 5) is 6.41. The van der Waals surface area contributed by atoms with E-state index in [9.17, 15) is 4.39 Å². The van der Waals surface area contributed by atoms with Gasteiger partial charge in [-0.25, -0.2) is 9.37 Å². The third-order valence-electron chi connectivity index (χ3n) is 4.57. The normalized spacial score (nSPS) is 20.7. The maximum Gasteiger partial charge on any atom is 0.221 e. The molecule has 0 radical (unpaired) electrons. The van der Waals surface area contributed by atoms with Gasteiger partial charge in [0.1, 0.15) is 30.1 Å². The largest absolute Gasteiger partial charge is 0.497 e. The Morgan fingerprint density at radius 3 is 2.92 bits per heavy atom. The highest BCUT2D eigenvalue weighted by Gasteiger charge is 2.33. The molecule has 1 aromatic heterocycles. The van der Waals surface area contributed by atoms with Crippen molar-refractivity contribution in [2.75, 3.05) is 20.2 Å². The highest BCUT2D eigenvalue weighted by Crippen LogP contribution is 2.23. The van der Waals surface area contributed by atoms with E-state index in [1.165, 1.54) is 0 Å². The molecule has 5 nitrogen and oxygen atoms in total. The molecule has 2 atom stereocenters. The van der Waals surface area contributed by atoms with Crippen molar-refractivity contribution in [2.45, 2.75) is 25.4 Å². The number of aromatic nitrogens is 1. The predicted molar refractivity (Wildman–Crippen MR) is 95.8 cm³/mol. The van der Waals surface area contributed by atoms with E-state index in [4.69, 9.17) is 13.9 Å². The maximum atomic E-state index is 14.4. The standard InChI is InChI=1S/C20H21FN2O3/c1-24-15-6-4-5-14(9-15)10-23-11-16(21)19(12-23)25-13-20-22-17-7-2-3-8-18(17)26-20/h2-9,16,19H,10-13H2,1H3. The number of alkyl halides is 1. The molecule has 6 heteroatoms. The summed E-state index contributed by atoms with van der Waals surface area (Å²) < 4.78 is 31.0. The Hall–Kier alpha value is -2.44. The van der Waals surface area contributed by atoms with Crippen LogP contribution in [0, 0.1) is 0 Å². The van der Waals surface area contributed by atoms with E-state index in [1.807, 2.05) is 48.5 Å². The summed E-state index contributed by atoms with van der Waals surface area (Å²) in [6.07, 6.45) is -1.50. The molecule has 2 heterocycles. The minimum absolute atomic E-state index is 0.173. The predicted octanol–water partition coefficient (Wildman–Crippen LogP) is 3.58. The zero-order valence-corrected chi connectivity index (χ0v) is 14.6. The van der Waals surface area contributed by atoms with Gasteiger partial charge in [0, 0.05) is 19.6 Å². The van der Waals surface area contributed by atoms with Crippen LogP contribution in [0.25, 0.3) is 11.1 Å². The minimum Gasteiger partial charge on any atom is -0.497 e. The van der Waals surface area contributed by atoms with Gasteiger partial charge in [-0.2, -0.15) is 0 Å². The first-order valence-electron chi connectivity index (χ1n) is 8.66. The van der Waals surface area contributed by atoms with Crippen LogP contribution in [0.2, 0.25) is 0 Å². The third kappa shape index (κ3) is 3.71. The van der Waals surface area contributed by atoms with Crippen molar-refractivity contribution in [2.24, 2.45) is 0 Å². The van der Waals surface area contributed by atoms with Crippen molar-refractivity contribution in [3.05, 3.63) is 60.0 Å². The van der Waals surface area contributed by atoms with Crippen molar-refractivity contribution in [3.63, 3.8) is 0 Å². The second kappa shape index (κ2) is 7.43. The molecule has 26 heavy (non-hydrogen) atoms. The molecular weight excluding hydrogens is 335 g/mol. The molecule has 2 aromatic carbocycles. The summed E-state index contributed by atoms with van der Waals surface area (Å²) in [5.41, 5.74) is 2.60. The zero-order valence-electron chi connectivity index (χ0n) is 14.6. The number of halogens is 1. The van der Waals surface area contributed by atoms with Crippen molar-refractivity contribution in [1.29, 1.82) is 0 Å². The van der Waals surface area contributed by atoms with Crippen LogP contribution in [0.5, 0.6) is 5.75 Å². The Kier molecular flexibility index (Phi) is 4.86. The molecule has 0 spiro atoms. The molecule has 2 unspecified atom stereocenters. The number of benzene rings is 2. The van der Waals surface area contributed by atoms with Crippen LogP contribution in [0.1, 0.15) is 11.5 Å². The molecule has 1 aliphatic heterocycles. The van der Waals surface area contributed by atoms with Crippen molar-refractivity contribution in [3.8, 4) is 5.75 Å². The van der Waals surface area contributed by atoms with Gasteiger partial charge < -0.3 is 13.9 Å². The van der Waals surface area contributed by atoms with Crippen LogP contribution in [0.4, 0.5) is 4.39 Å². The van der Waals surface area contributed by atoms with Crippen molar-refractivity contribution >= 4 is 11.1 Å². The van der Waals surface area contributed by atoms with E-state index in [0.717, 1.165) is 16.8 Å². The van der Waals surface area contributed by atoms with E-state index in [2.05, 4.69) is 9.88 Å². The fraction of sp³-hybridized carbons (Fsp3) is 0.350. The molecule has 0 N–H and O–H groups in total. The number of para-hydroxylation sites is 2. The van der Waals surface area contributed by atoms with Gasteiger partial charge in [-0.05, 0) is 29.8 Å². The molecule has 136 valence electrons. The fourth-order valence-electron chi connectivity index (χ4n) is 3.28. The van der Waals surface area contributed by atoms with Gasteiger partial charge in [-0.15, -0.1) is 0 Å². The molecule has 1 aliphatic rings. The lowest BCUT2D eigenvalue weighted by Crippen LogP contribution is -2.24. The summed E-state index contributed by atoms with van der Waals surface area (Å²) in [5.74, 6) is 1.28. The van der Waals surface area contributed by atoms with Gasteiger partial charge in [0.2, 0.25) is 5.89 Å². The SMILES string of the molecule is COc1cccc(CN2CC(F)C(OCc3nc4ccccc4o3)C2)c1.